The van der Waals surface area contributed by atoms with Gasteiger partial charge in [-0.2, -0.15) is 0 Å². The minimum absolute atomic E-state index is 0.0108. The molecule has 190 valence electrons. The Morgan fingerprint density at radius 1 is 1.24 bits per heavy atom. The van der Waals surface area contributed by atoms with Crippen molar-refractivity contribution in [1.29, 1.82) is 0 Å². The van der Waals surface area contributed by atoms with Crippen molar-refractivity contribution < 1.29 is 19.0 Å². The van der Waals surface area contributed by atoms with Crippen LogP contribution in [-0.4, -0.2) is 60.5 Å². The molecule has 0 atom stereocenters. The summed E-state index contributed by atoms with van der Waals surface area (Å²) in [7, 11) is -1.12. The molecule has 1 saturated heterocycles. The largest absolute Gasteiger partial charge is 0.492 e. The summed E-state index contributed by atoms with van der Waals surface area (Å²) in [6, 6.07) is 3.06. The van der Waals surface area contributed by atoms with Crippen LogP contribution in [0.4, 0.5) is 4.79 Å². The van der Waals surface area contributed by atoms with Crippen LogP contribution in [0, 0.1) is 5.41 Å². The number of aromatic nitrogens is 2. The zero-order chi connectivity index (χ0) is 25.1. The molecule has 0 bridgehead atoms. The molecule has 1 aliphatic rings. The van der Waals surface area contributed by atoms with Gasteiger partial charge in [0.1, 0.15) is 23.7 Å². The first-order valence-corrected chi connectivity index (χ1v) is 16.6. The fourth-order valence-corrected chi connectivity index (χ4v) is 5.23. The highest BCUT2D eigenvalue weighted by atomic mass is 79.9. The summed E-state index contributed by atoms with van der Waals surface area (Å²) in [6.07, 6.45) is 5.31. The van der Waals surface area contributed by atoms with Gasteiger partial charge in [-0.1, -0.05) is 26.6 Å². The smallest absolute Gasteiger partial charge is 0.410 e. The summed E-state index contributed by atoms with van der Waals surface area (Å²) in [4.78, 5) is 18.8. The molecule has 3 rings (SSSR count). The van der Waals surface area contributed by atoms with Gasteiger partial charge in [-0.15, -0.1) is 0 Å². The van der Waals surface area contributed by atoms with Crippen LogP contribution in [0.15, 0.2) is 22.9 Å². The lowest BCUT2D eigenvalue weighted by molar-refractivity contribution is 0.00602. The van der Waals surface area contributed by atoms with E-state index < -0.39 is 13.7 Å². The van der Waals surface area contributed by atoms with Gasteiger partial charge in [0.05, 0.1) is 12.0 Å². The number of carbonyl (C=O) groups is 1. The Hall–Kier alpha value is -1.58. The predicted octanol–water partition coefficient (Wildman–Crippen LogP) is 6.53. The molecule has 7 nitrogen and oxygen atoms in total. The second-order valence-electron chi connectivity index (χ2n) is 11.9. The first-order chi connectivity index (χ1) is 15.8. The predicted molar refractivity (Wildman–Crippen MR) is 142 cm³/mol. The molecular formula is C25H40BrN3O4Si. The van der Waals surface area contributed by atoms with Crippen molar-refractivity contribution in [3.8, 4) is 5.75 Å². The Bertz CT molecular complexity index is 988. The molecule has 0 aliphatic carbocycles. The van der Waals surface area contributed by atoms with Crippen molar-refractivity contribution >= 4 is 41.1 Å². The monoisotopic (exact) mass is 553 g/mol. The second kappa shape index (κ2) is 10.6. The number of piperidine rings is 1. The number of carbonyl (C=O) groups excluding carboxylic acids is 1. The number of nitrogens with zero attached hydrogens (tertiary/aromatic N) is 3. The molecule has 0 radical (unpaired) electrons. The summed E-state index contributed by atoms with van der Waals surface area (Å²) in [5.74, 6) is 0.813. The zero-order valence-electron chi connectivity index (χ0n) is 21.7. The highest BCUT2D eigenvalue weighted by Gasteiger charge is 2.34. The average molecular weight is 555 g/mol. The average Bonchev–Trinajstić information content (AvgIpc) is 3.04. The van der Waals surface area contributed by atoms with Gasteiger partial charge in [-0.25, -0.2) is 9.78 Å². The van der Waals surface area contributed by atoms with Crippen LogP contribution in [0.2, 0.25) is 25.7 Å². The van der Waals surface area contributed by atoms with E-state index in [0.717, 1.165) is 46.7 Å². The van der Waals surface area contributed by atoms with E-state index >= 15 is 0 Å². The molecule has 1 aliphatic heterocycles. The lowest BCUT2D eigenvalue weighted by Crippen LogP contribution is -2.46. The van der Waals surface area contributed by atoms with Crippen LogP contribution >= 0.6 is 15.9 Å². The maximum atomic E-state index is 12.4. The van der Waals surface area contributed by atoms with Gasteiger partial charge in [0.2, 0.25) is 0 Å². The molecule has 3 heterocycles. The molecule has 1 fully saturated rings. The van der Waals surface area contributed by atoms with E-state index in [2.05, 4.69) is 47.5 Å². The van der Waals surface area contributed by atoms with Crippen LogP contribution in [0.1, 0.15) is 40.5 Å². The molecule has 2 aromatic rings. The number of amides is 1. The van der Waals surface area contributed by atoms with Gasteiger partial charge in [-0.3, -0.25) is 0 Å². The second-order valence-corrected chi connectivity index (χ2v) is 18.3. The van der Waals surface area contributed by atoms with Gasteiger partial charge in [0.15, 0.2) is 0 Å². The topological polar surface area (TPSA) is 65.8 Å². The standard InChI is InChI=1S/C25H40BrN3O4Si/c1-24(2,3)33-23(30)28-12-9-25(4,10-13-28)17-32-20-8-11-27-22-21(20)19(26)16-29(22)18-31-14-15-34(5,6)7/h8,11,16H,9-10,12-15,17-18H2,1-7H3. The minimum atomic E-state index is -1.12. The van der Waals surface area contributed by atoms with Crippen LogP contribution in [0.25, 0.3) is 11.0 Å². The normalized spacial score (nSPS) is 16.6. The number of hydrogen-bond donors (Lipinski definition) is 0. The number of ether oxygens (including phenoxy) is 3. The Kier molecular flexibility index (Phi) is 8.40. The van der Waals surface area contributed by atoms with Crippen molar-refractivity contribution in [2.75, 3.05) is 26.3 Å². The number of halogens is 1. The van der Waals surface area contributed by atoms with Crippen molar-refractivity contribution in [2.45, 2.75) is 78.6 Å². The van der Waals surface area contributed by atoms with Crippen LogP contribution in [-0.2, 0) is 16.2 Å². The van der Waals surface area contributed by atoms with E-state index in [1.54, 1.807) is 11.1 Å². The number of rotatable bonds is 8. The Morgan fingerprint density at radius 3 is 2.53 bits per heavy atom. The molecule has 9 heteroatoms. The third kappa shape index (κ3) is 7.46. The third-order valence-electron chi connectivity index (χ3n) is 6.10. The molecule has 0 saturated carbocycles. The Balaban J connectivity index is 1.60. The summed E-state index contributed by atoms with van der Waals surface area (Å²) >= 11 is 3.69. The third-order valence-corrected chi connectivity index (χ3v) is 8.40. The fraction of sp³-hybridized carbons (Fsp3) is 0.680. The van der Waals surface area contributed by atoms with Gasteiger partial charge in [0.25, 0.3) is 0 Å². The minimum Gasteiger partial charge on any atom is -0.492 e. The van der Waals surface area contributed by atoms with Crippen molar-refractivity contribution in [3.05, 3.63) is 22.9 Å². The number of hydrogen-bond acceptors (Lipinski definition) is 5. The van der Waals surface area contributed by atoms with Crippen molar-refractivity contribution in [1.82, 2.24) is 14.5 Å². The van der Waals surface area contributed by atoms with Crippen LogP contribution in [0.5, 0.6) is 5.75 Å². The first-order valence-electron chi connectivity index (χ1n) is 12.1. The molecule has 0 N–H and O–H groups in total. The van der Waals surface area contributed by atoms with E-state index in [-0.39, 0.29) is 11.5 Å². The lowest BCUT2D eigenvalue weighted by atomic mass is 9.81. The van der Waals surface area contributed by atoms with Crippen LogP contribution in [0.3, 0.4) is 0 Å². The van der Waals surface area contributed by atoms with Crippen LogP contribution < -0.4 is 4.74 Å². The summed E-state index contributed by atoms with van der Waals surface area (Å²) in [5, 5.41) is 0.964. The zero-order valence-corrected chi connectivity index (χ0v) is 24.3. The molecule has 1 amide bonds. The molecule has 34 heavy (non-hydrogen) atoms. The Labute approximate surface area is 213 Å². The van der Waals surface area contributed by atoms with E-state index in [1.165, 1.54) is 0 Å². The van der Waals surface area contributed by atoms with E-state index in [0.29, 0.717) is 26.4 Å². The number of pyridine rings is 1. The maximum Gasteiger partial charge on any atom is 0.410 e. The van der Waals surface area contributed by atoms with Gasteiger partial charge in [0, 0.05) is 50.1 Å². The molecule has 2 aromatic heterocycles. The highest BCUT2D eigenvalue weighted by Crippen LogP contribution is 2.36. The summed E-state index contributed by atoms with van der Waals surface area (Å²) in [5.41, 5.74) is 0.363. The molecule has 0 aromatic carbocycles. The van der Waals surface area contributed by atoms with E-state index in [1.807, 2.05) is 37.6 Å². The summed E-state index contributed by atoms with van der Waals surface area (Å²) < 4.78 is 20.8. The van der Waals surface area contributed by atoms with Crippen molar-refractivity contribution in [2.24, 2.45) is 5.41 Å². The molecular weight excluding hydrogens is 514 g/mol. The van der Waals surface area contributed by atoms with Gasteiger partial charge < -0.3 is 23.7 Å². The fourth-order valence-electron chi connectivity index (χ4n) is 3.85. The highest BCUT2D eigenvalue weighted by molar-refractivity contribution is 9.10. The number of fused-ring (bicyclic) bond motifs is 1. The van der Waals surface area contributed by atoms with E-state index in [9.17, 15) is 4.79 Å². The SMILES string of the molecule is CC1(COc2ccnc3c2c(Br)cn3COCC[Si](C)(C)C)CCN(C(=O)OC(C)(C)C)CC1. The van der Waals surface area contributed by atoms with Crippen molar-refractivity contribution in [3.63, 3.8) is 0 Å². The molecule has 0 spiro atoms. The van der Waals surface area contributed by atoms with E-state index in [4.69, 9.17) is 14.2 Å². The van der Waals surface area contributed by atoms with Gasteiger partial charge in [-0.05, 0) is 61.7 Å². The van der Waals surface area contributed by atoms with Gasteiger partial charge >= 0.3 is 6.09 Å². The quantitative estimate of drug-likeness (QED) is 0.274. The lowest BCUT2D eigenvalue weighted by Gasteiger charge is -2.39. The Morgan fingerprint density at radius 2 is 1.91 bits per heavy atom. The number of likely N-dealkylation sites (tertiary alicyclic amines) is 1. The summed E-state index contributed by atoms with van der Waals surface area (Å²) in [6.45, 7) is 18.1. The molecule has 0 unspecified atom stereocenters. The first kappa shape index (κ1) is 27.0. The maximum absolute atomic E-state index is 12.4.